The molecule has 28 heavy (non-hydrogen) atoms. The molecule has 0 amide bonds. The van der Waals surface area contributed by atoms with Crippen LogP contribution in [0.5, 0.6) is 0 Å². The number of rotatable bonds is 6. The predicted octanol–water partition coefficient (Wildman–Crippen LogP) is 2.69. The van der Waals surface area contributed by atoms with Crippen molar-refractivity contribution >= 4 is 18.1 Å². The molecule has 1 aromatic heterocycles. The van der Waals surface area contributed by atoms with E-state index >= 15 is 0 Å². The first-order valence-electron chi connectivity index (χ1n) is 9.87. The van der Waals surface area contributed by atoms with Crippen molar-refractivity contribution in [3.63, 3.8) is 0 Å². The number of nitrogens with zero attached hydrogens (tertiary/aromatic N) is 6. The molecule has 0 bridgehead atoms. The zero-order valence-electron chi connectivity index (χ0n) is 16.2. The summed E-state index contributed by atoms with van der Waals surface area (Å²) in [4.78, 5) is 4.53. The van der Waals surface area contributed by atoms with Gasteiger partial charge in [0, 0.05) is 32.8 Å². The van der Waals surface area contributed by atoms with Crippen LogP contribution in [-0.2, 0) is 11.3 Å². The maximum absolute atomic E-state index is 14.1. The maximum atomic E-state index is 14.1. The van der Waals surface area contributed by atoms with E-state index in [1.807, 2.05) is 16.8 Å². The zero-order valence-corrected chi connectivity index (χ0v) is 17.0. The van der Waals surface area contributed by atoms with Crippen LogP contribution in [0, 0.1) is 5.82 Å². The lowest BCUT2D eigenvalue weighted by atomic mass is 10.1. The molecule has 2 fully saturated rings. The Morgan fingerprint density at radius 1 is 1.21 bits per heavy atom. The number of piperazine rings is 1. The van der Waals surface area contributed by atoms with Crippen LogP contribution >= 0.6 is 12.4 Å². The Labute approximate surface area is 171 Å². The van der Waals surface area contributed by atoms with E-state index < -0.39 is 0 Å². The van der Waals surface area contributed by atoms with Gasteiger partial charge in [-0.05, 0) is 41.8 Å². The zero-order chi connectivity index (χ0) is 18.6. The SMILES string of the molecule is CCC(c1nnnn1CC1CCCO1)N1CCN(c2ccccc2F)CC1.Cl. The highest BCUT2D eigenvalue weighted by Gasteiger charge is 2.29. The summed E-state index contributed by atoms with van der Waals surface area (Å²) in [5.41, 5.74) is 0.688. The van der Waals surface area contributed by atoms with Crippen molar-refractivity contribution < 1.29 is 9.13 Å². The van der Waals surface area contributed by atoms with E-state index in [1.165, 1.54) is 6.07 Å². The average molecular weight is 411 g/mol. The normalized spacial score (nSPS) is 21.5. The highest BCUT2D eigenvalue weighted by Crippen LogP contribution is 2.27. The molecule has 0 spiro atoms. The number of para-hydroxylation sites is 1. The lowest BCUT2D eigenvalue weighted by Gasteiger charge is -2.39. The van der Waals surface area contributed by atoms with Gasteiger partial charge in [0.25, 0.3) is 0 Å². The number of hydrogen-bond donors (Lipinski definition) is 0. The quantitative estimate of drug-likeness (QED) is 0.729. The summed E-state index contributed by atoms with van der Waals surface area (Å²) in [6.45, 7) is 7.03. The van der Waals surface area contributed by atoms with Crippen molar-refractivity contribution in [2.24, 2.45) is 0 Å². The van der Waals surface area contributed by atoms with Crippen LogP contribution in [0.3, 0.4) is 0 Å². The third-order valence-electron chi connectivity index (χ3n) is 5.59. The van der Waals surface area contributed by atoms with Crippen molar-refractivity contribution in [2.75, 3.05) is 37.7 Å². The second-order valence-corrected chi connectivity index (χ2v) is 7.25. The molecule has 2 atom stereocenters. The van der Waals surface area contributed by atoms with Gasteiger partial charge >= 0.3 is 0 Å². The molecule has 9 heteroatoms. The minimum atomic E-state index is -0.154. The molecule has 1 aromatic carbocycles. The lowest BCUT2D eigenvalue weighted by molar-refractivity contribution is 0.0894. The van der Waals surface area contributed by atoms with Gasteiger partial charge in [-0.15, -0.1) is 17.5 Å². The molecule has 2 unspecified atom stereocenters. The average Bonchev–Trinajstić information content (AvgIpc) is 3.37. The third kappa shape index (κ3) is 4.45. The van der Waals surface area contributed by atoms with E-state index in [1.54, 1.807) is 6.07 Å². The molecular formula is C19H28ClFN6O. The largest absolute Gasteiger partial charge is 0.376 e. The minimum Gasteiger partial charge on any atom is -0.376 e. The van der Waals surface area contributed by atoms with Crippen molar-refractivity contribution in [3.05, 3.63) is 35.9 Å². The molecule has 0 N–H and O–H groups in total. The number of ether oxygens (including phenoxy) is 1. The monoisotopic (exact) mass is 410 g/mol. The fraction of sp³-hybridized carbons (Fsp3) is 0.632. The summed E-state index contributed by atoms with van der Waals surface area (Å²) >= 11 is 0. The van der Waals surface area contributed by atoms with Gasteiger partial charge in [-0.2, -0.15) is 0 Å². The number of benzene rings is 1. The van der Waals surface area contributed by atoms with Crippen LogP contribution in [0.15, 0.2) is 24.3 Å². The highest BCUT2D eigenvalue weighted by atomic mass is 35.5. The van der Waals surface area contributed by atoms with Crippen molar-refractivity contribution in [3.8, 4) is 0 Å². The molecule has 0 aliphatic carbocycles. The summed E-state index contributed by atoms with van der Waals surface area (Å²) in [6, 6.07) is 7.17. The van der Waals surface area contributed by atoms with Crippen LogP contribution in [-0.4, -0.2) is 64.0 Å². The van der Waals surface area contributed by atoms with Crippen LogP contribution in [0.1, 0.15) is 38.1 Å². The van der Waals surface area contributed by atoms with Gasteiger partial charge in [-0.25, -0.2) is 9.07 Å². The fourth-order valence-corrected chi connectivity index (χ4v) is 4.15. The standard InChI is InChI=1S/C19H27FN6O.ClH/c1-2-17(19-21-22-23-26(19)14-15-6-5-13-27-15)24-9-11-25(12-10-24)18-8-4-3-7-16(18)20;/h3-4,7-8,15,17H,2,5-6,9-14H2,1H3;1H. The van der Waals surface area contributed by atoms with Crippen LogP contribution in [0.25, 0.3) is 0 Å². The Morgan fingerprint density at radius 3 is 2.68 bits per heavy atom. The van der Waals surface area contributed by atoms with Gasteiger partial charge in [0.05, 0.1) is 24.4 Å². The van der Waals surface area contributed by atoms with Crippen LogP contribution in [0.2, 0.25) is 0 Å². The Balaban J connectivity index is 0.00000225. The number of hydrogen-bond acceptors (Lipinski definition) is 6. The summed E-state index contributed by atoms with van der Waals surface area (Å²) in [5, 5.41) is 12.5. The summed E-state index contributed by atoms with van der Waals surface area (Å²) in [7, 11) is 0. The third-order valence-corrected chi connectivity index (χ3v) is 5.59. The molecule has 2 aromatic rings. The van der Waals surface area contributed by atoms with E-state index in [-0.39, 0.29) is 30.4 Å². The number of tetrazole rings is 1. The molecule has 3 heterocycles. The number of aromatic nitrogens is 4. The molecule has 2 saturated heterocycles. The maximum Gasteiger partial charge on any atom is 0.168 e. The Hall–Kier alpha value is -1.77. The van der Waals surface area contributed by atoms with Crippen molar-refractivity contribution in [1.82, 2.24) is 25.1 Å². The molecule has 0 radical (unpaired) electrons. The summed E-state index contributed by atoms with van der Waals surface area (Å²) in [5.74, 6) is 0.755. The second-order valence-electron chi connectivity index (χ2n) is 7.25. The number of anilines is 1. The second kappa shape index (κ2) is 9.62. The smallest absolute Gasteiger partial charge is 0.168 e. The highest BCUT2D eigenvalue weighted by molar-refractivity contribution is 5.85. The molecule has 2 aliphatic heterocycles. The first-order chi connectivity index (χ1) is 13.3. The Kier molecular flexibility index (Phi) is 7.20. The molecule has 2 aliphatic rings. The van der Waals surface area contributed by atoms with E-state index in [4.69, 9.17) is 4.74 Å². The molecular weight excluding hydrogens is 383 g/mol. The first kappa shape index (κ1) is 21.0. The van der Waals surface area contributed by atoms with Gasteiger partial charge in [-0.1, -0.05) is 19.1 Å². The molecule has 154 valence electrons. The van der Waals surface area contributed by atoms with E-state index in [0.717, 1.165) is 57.9 Å². The van der Waals surface area contributed by atoms with E-state index in [0.29, 0.717) is 12.2 Å². The first-order valence-corrected chi connectivity index (χ1v) is 9.87. The van der Waals surface area contributed by atoms with Gasteiger partial charge in [0.15, 0.2) is 5.82 Å². The number of halogens is 2. The van der Waals surface area contributed by atoms with Gasteiger partial charge in [0.1, 0.15) is 5.82 Å². The van der Waals surface area contributed by atoms with E-state index in [9.17, 15) is 4.39 Å². The lowest BCUT2D eigenvalue weighted by Crippen LogP contribution is -2.48. The van der Waals surface area contributed by atoms with Crippen molar-refractivity contribution in [2.45, 2.75) is 44.9 Å². The molecule has 4 rings (SSSR count). The van der Waals surface area contributed by atoms with Gasteiger partial charge in [-0.3, -0.25) is 4.90 Å². The minimum absolute atomic E-state index is 0. The summed E-state index contributed by atoms with van der Waals surface area (Å²) in [6.07, 6.45) is 3.32. The topological polar surface area (TPSA) is 59.3 Å². The fourth-order valence-electron chi connectivity index (χ4n) is 4.15. The Bertz CT molecular complexity index is 746. The summed E-state index contributed by atoms with van der Waals surface area (Å²) < 4.78 is 21.7. The predicted molar refractivity (Wildman–Crippen MR) is 107 cm³/mol. The molecule has 7 nitrogen and oxygen atoms in total. The Morgan fingerprint density at radius 2 is 2.00 bits per heavy atom. The van der Waals surface area contributed by atoms with E-state index in [2.05, 4.69) is 32.2 Å². The van der Waals surface area contributed by atoms with Crippen LogP contribution < -0.4 is 4.90 Å². The van der Waals surface area contributed by atoms with Crippen molar-refractivity contribution in [1.29, 1.82) is 0 Å². The van der Waals surface area contributed by atoms with Gasteiger partial charge in [0.2, 0.25) is 0 Å². The van der Waals surface area contributed by atoms with Gasteiger partial charge < -0.3 is 9.64 Å². The molecule has 0 saturated carbocycles. The van der Waals surface area contributed by atoms with Crippen LogP contribution in [0.4, 0.5) is 10.1 Å².